The van der Waals surface area contributed by atoms with Crippen molar-refractivity contribution in [1.82, 2.24) is 24.7 Å². The van der Waals surface area contributed by atoms with Gasteiger partial charge < -0.3 is 15.5 Å². The van der Waals surface area contributed by atoms with Crippen molar-refractivity contribution in [3.8, 4) is 11.4 Å². The predicted molar refractivity (Wildman–Crippen MR) is 111 cm³/mol. The van der Waals surface area contributed by atoms with Crippen LogP contribution in [-0.4, -0.2) is 47.7 Å². The first-order chi connectivity index (χ1) is 14.4. The molecule has 0 aliphatic carbocycles. The summed E-state index contributed by atoms with van der Waals surface area (Å²) in [5.74, 6) is -0.435. The van der Waals surface area contributed by atoms with E-state index in [1.165, 1.54) is 6.07 Å². The van der Waals surface area contributed by atoms with Gasteiger partial charge in [0, 0.05) is 23.8 Å². The van der Waals surface area contributed by atoms with E-state index in [1.54, 1.807) is 48.4 Å². The smallest absolute Gasteiger partial charge is 0.151 e. The highest BCUT2D eigenvalue weighted by atomic mass is 19.1. The van der Waals surface area contributed by atoms with Crippen LogP contribution in [0.1, 0.15) is 11.3 Å². The Bertz CT molecular complexity index is 1210. The van der Waals surface area contributed by atoms with Gasteiger partial charge in [-0.3, -0.25) is 14.6 Å². The molecule has 4 rings (SSSR count). The molecule has 0 aromatic carbocycles. The summed E-state index contributed by atoms with van der Waals surface area (Å²) in [4.78, 5) is 12.9. The van der Waals surface area contributed by atoms with Crippen molar-refractivity contribution in [2.45, 2.75) is 26.5 Å². The fourth-order valence-electron chi connectivity index (χ4n) is 3.09. The zero-order valence-corrected chi connectivity index (χ0v) is 16.5. The van der Waals surface area contributed by atoms with Crippen LogP contribution in [0.3, 0.4) is 0 Å². The van der Waals surface area contributed by atoms with Gasteiger partial charge in [0.15, 0.2) is 5.82 Å². The lowest BCUT2D eigenvalue weighted by Crippen LogP contribution is -2.19. The monoisotopic (exact) mass is 408 g/mol. The molecule has 4 heterocycles. The molecule has 4 aromatic rings. The summed E-state index contributed by atoms with van der Waals surface area (Å²) in [5, 5.41) is 26.5. The van der Waals surface area contributed by atoms with Crippen molar-refractivity contribution < 1.29 is 14.6 Å². The Morgan fingerprint density at radius 3 is 2.80 bits per heavy atom. The van der Waals surface area contributed by atoms with Crippen molar-refractivity contribution in [3.63, 3.8) is 0 Å². The third-order valence-corrected chi connectivity index (χ3v) is 4.66. The average Bonchev–Trinajstić information content (AvgIpc) is 3.14. The van der Waals surface area contributed by atoms with Crippen LogP contribution < -0.4 is 5.32 Å². The van der Waals surface area contributed by atoms with Crippen molar-refractivity contribution in [1.29, 1.82) is 0 Å². The van der Waals surface area contributed by atoms with Gasteiger partial charge in [-0.15, -0.1) is 0 Å². The van der Waals surface area contributed by atoms with Crippen LogP contribution in [0.15, 0.2) is 42.9 Å². The summed E-state index contributed by atoms with van der Waals surface area (Å²) in [7, 11) is 0. The van der Waals surface area contributed by atoms with E-state index in [-0.39, 0.29) is 18.8 Å². The molecule has 154 valence electrons. The molecule has 0 fully saturated rings. The fraction of sp³-hybridized carbons (Fsp3) is 0.238. The molecule has 0 spiro atoms. The maximum Gasteiger partial charge on any atom is 0.151 e. The van der Waals surface area contributed by atoms with Crippen molar-refractivity contribution in [3.05, 3.63) is 59.9 Å². The number of aliphatic hydroxyl groups is 2. The van der Waals surface area contributed by atoms with Crippen molar-refractivity contribution >= 4 is 22.4 Å². The number of aryl methyl sites for hydroxylation is 2. The largest absolute Gasteiger partial charge is 0.394 e. The molecule has 30 heavy (non-hydrogen) atoms. The molecule has 0 amide bonds. The molecule has 4 aromatic heterocycles. The lowest BCUT2D eigenvalue weighted by Gasteiger charge is -2.12. The summed E-state index contributed by atoms with van der Waals surface area (Å²) in [6.45, 7) is 3.50. The van der Waals surface area contributed by atoms with Gasteiger partial charge in [-0.25, -0.2) is 9.37 Å². The van der Waals surface area contributed by atoms with E-state index < -0.39 is 11.9 Å². The fourth-order valence-corrected chi connectivity index (χ4v) is 3.09. The van der Waals surface area contributed by atoms with Gasteiger partial charge in [0.2, 0.25) is 0 Å². The van der Waals surface area contributed by atoms with Crippen LogP contribution in [0, 0.1) is 19.7 Å². The topological polar surface area (TPSA) is 109 Å². The normalized spacial score (nSPS) is 12.3. The first-order valence-corrected chi connectivity index (χ1v) is 9.43. The SMILES string of the molecule is Cc1ccc(F)c(-c2cc(Nc3ccnc4cn(C[C@H](O)CO)nc34)c(C)cn2)n1. The summed E-state index contributed by atoms with van der Waals surface area (Å²) >= 11 is 0. The minimum atomic E-state index is -0.905. The summed E-state index contributed by atoms with van der Waals surface area (Å²) < 4.78 is 15.8. The Morgan fingerprint density at radius 2 is 2.00 bits per heavy atom. The Kier molecular flexibility index (Phi) is 5.39. The third kappa shape index (κ3) is 3.98. The highest BCUT2D eigenvalue weighted by Gasteiger charge is 2.14. The van der Waals surface area contributed by atoms with Crippen molar-refractivity contribution in [2.75, 3.05) is 11.9 Å². The van der Waals surface area contributed by atoms with Gasteiger partial charge in [0.1, 0.15) is 16.7 Å². The Balaban J connectivity index is 1.70. The van der Waals surface area contributed by atoms with Crippen molar-refractivity contribution in [2.24, 2.45) is 0 Å². The molecular formula is C21H21FN6O2. The molecule has 0 aliphatic heterocycles. The zero-order chi connectivity index (χ0) is 21.3. The molecule has 0 radical (unpaired) electrons. The minimum Gasteiger partial charge on any atom is -0.394 e. The lowest BCUT2D eigenvalue weighted by molar-refractivity contribution is 0.0784. The number of halogens is 1. The summed E-state index contributed by atoms with van der Waals surface area (Å²) in [6, 6.07) is 6.53. The second-order valence-electron chi connectivity index (χ2n) is 7.07. The molecule has 0 bridgehead atoms. The van der Waals surface area contributed by atoms with E-state index in [2.05, 4.69) is 25.4 Å². The molecule has 0 saturated heterocycles. The van der Waals surface area contributed by atoms with Gasteiger partial charge in [0.05, 0.1) is 36.8 Å². The van der Waals surface area contributed by atoms with Crippen LogP contribution in [-0.2, 0) is 6.54 Å². The maximum absolute atomic E-state index is 14.3. The van der Waals surface area contributed by atoms with Crippen LogP contribution in [0.5, 0.6) is 0 Å². The molecular weight excluding hydrogens is 387 g/mol. The second-order valence-corrected chi connectivity index (χ2v) is 7.07. The van der Waals surface area contributed by atoms with Crippen LogP contribution in [0.25, 0.3) is 22.4 Å². The number of fused-ring (bicyclic) bond motifs is 1. The number of pyridine rings is 3. The number of aliphatic hydroxyl groups excluding tert-OH is 2. The first-order valence-electron chi connectivity index (χ1n) is 9.43. The molecule has 8 nitrogen and oxygen atoms in total. The number of hydrogen-bond donors (Lipinski definition) is 3. The molecule has 0 unspecified atom stereocenters. The molecule has 1 atom stereocenters. The Hall–Kier alpha value is -3.43. The Labute approximate surface area is 172 Å². The van der Waals surface area contributed by atoms with E-state index in [4.69, 9.17) is 5.11 Å². The Morgan fingerprint density at radius 1 is 1.17 bits per heavy atom. The molecule has 3 N–H and O–H groups in total. The standard InChI is InChI=1S/C21H21FN6O2/c1-12-8-24-18(20-15(22)4-3-13(2)25-20)7-17(12)26-16-5-6-23-19-10-28(27-21(16)19)9-14(30)11-29/h3-8,10,14,29-30H,9,11H2,1-2H3,(H,24,26)/t14-/m0/s1. The lowest BCUT2D eigenvalue weighted by atomic mass is 10.1. The highest BCUT2D eigenvalue weighted by Crippen LogP contribution is 2.29. The molecule has 0 aliphatic rings. The maximum atomic E-state index is 14.3. The molecule has 0 saturated carbocycles. The van der Waals surface area contributed by atoms with Gasteiger partial charge in [-0.1, -0.05) is 0 Å². The van der Waals surface area contributed by atoms with E-state index >= 15 is 0 Å². The summed E-state index contributed by atoms with van der Waals surface area (Å²) in [5.41, 5.74) is 4.88. The highest BCUT2D eigenvalue weighted by molar-refractivity contribution is 5.89. The predicted octanol–water partition coefficient (Wildman–Crippen LogP) is 2.74. The number of rotatable bonds is 6. The summed E-state index contributed by atoms with van der Waals surface area (Å²) in [6.07, 6.45) is 4.11. The molecule has 9 heteroatoms. The number of nitrogens with zero attached hydrogens (tertiary/aromatic N) is 5. The quantitative estimate of drug-likeness (QED) is 0.450. The number of nitrogens with one attached hydrogen (secondary N) is 1. The van der Waals surface area contributed by atoms with Gasteiger partial charge in [-0.05, 0) is 43.7 Å². The van der Waals surface area contributed by atoms with E-state index in [1.807, 2.05) is 6.92 Å². The number of hydrogen-bond acceptors (Lipinski definition) is 7. The zero-order valence-electron chi connectivity index (χ0n) is 16.5. The second kappa shape index (κ2) is 8.13. The van der Waals surface area contributed by atoms with Crippen LogP contribution in [0.2, 0.25) is 0 Å². The van der Waals surface area contributed by atoms with Crippen LogP contribution in [0.4, 0.5) is 15.8 Å². The number of aromatic nitrogens is 5. The van der Waals surface area contributed by atoms with E-state index in [0.29, 0.717) is 28.1 Å². The first kappa shape index (κ1) is 19.9. The third-order valence-electron chi connectivity index (χ3n) is 4.66. The minimum absolute atomic E-state index is 0.156. The van der Waals surface area contributed by atoms with Crippen LogP contribution >= 0.6 is 0 Å². The number of anilines is 2. The van der Waals surface area contributed by atoms with Gasteiger partial charge in [0.25, 0.3) is 0 Å². The van der Waals surface area contributed by atoms with E-state index in [9.17, 15) is 9.50 Å². The van der Waals surface area contributed by atoms with E-state index in [0.717, 1.165) is 11.3 Å². The average molecular weight is 408 g/mol. The van der Waals surface area contributed by atoms with Gasteiger partial charge >= 0.3 is 0 Å². The van der Waals surface area contributed by atoms with Gasteiger partial charge in [-0.2, -0.15) is 5.10 Å².